The van der Waals surface area contributed by atoms with Crippen molar-refractivity contribution in [2.45, 2.75) is 50.7 Å². The van der Waals surface area contributed by atoms with Gasteiger partial charge < -0.3 is 9.53 Å². The maximum atomic E-state index is 11.9. The molecule has 0 bridgehead atoms. The standard InChI is InChI=1S/C12H17NO4/c14-7-3-6-13-11(15)8-10(12(13)16)17-9-4-1-2-5-9/h7,9-10H,1-6,8H2. The van der Waals surface area contributed by atoms with Crippen LogP contribution in [-0.4, -0.2) is 41.8 Å². The fourth-order valence-electron chi connectivity index (χ4n) is 2.43. The van der Waals surface area contributed by atoms with E-state index in [9.17, 15) is 14.4 Å². The lowest BCUT2D eigenvalue weighted by molar-refractivity contribution is -0.143. The molecule has 0 aromatic carbocycles. The first-order valence-corrected chi connectivity index (χ1v) is 6.15. The number of nitrogens with zero attached hydrogens (tertiary/aromatic N) is 1. The van der Waals surface area contributed by atoms with Crippen LogP contribution in [0.1, 0.15) is 38.5 Å². The van der Waals surface area contributed by atoms with Crippen LogP contribution in [0.5, 0.6) is 0 Å². The molecule has 0 radical (unpaired) electrons. The van der Waals surface area contributed by atoms with Gasteiger partial charge in [0.25, 0.3) is 5.91 Å². The van der Waals surface area contributed by atoms with Crippen LogP contribution >= 0.6 is 0 Å². The summed E-state index contributed by atoms with van der Waals surface area (Å²) in [7, 11) is 0. The third-order valence-electron chi connectivity index (χ3n) is 3.33. The molecule has 2 rings (SSSR count). The van der Waals surface area contributed by atoms with E-state index in [4.69, 9.17) is 4.74 Å². The van der Waals surface area contributed by atoms with Gasteiger partial charge in [-0.2, -0.15) is 0 Å². The second-order valence-corrected chi connectivity index (χ2v) is 4.57. The number of carbonyl (C=O) groups excluding carboxylic acids is 3. The Labute approximate surface area is 100 Å². The molecule has 1 heterocycles. The van der Waals surface area contributed by atoms with E-state index in [1.807, 2.05) is 0 Å². The van der Waals surface area contributed by atoms with Crippen molar-refractivity contribution in [3.05, 3.63) is 0 Å². The fraction of sp³-hybridized carbons (Fsp3) is 0.750. The normalized spacial score (nSPS) is 25.9. The van der Waals surface area contributed by atoms with Crippen LogP contribution < -0.4 is 0 Å². The average molecular weight is 239 g/mol. The van der Waals surface area contributed by atoms with Gasteiger partial charge in [0, 0.05) is 13.0 Å². The lowest BCUT2D eigenvalue weighted by Crippen LogP contribution is -2.34. The number of rotatable bonds is 5. The Bertz CT molecular complexity index is 322. The highest BCUT2D eigenvalue weighted by Crippen LogP contribution is 2.26. The zero-order valence-corrected chi connectivity index (χ0v) is 9.76. The van der Waals surface area contributed by atoms with E-state index in [0.29, 0.717) is 6.29 Å². The average Bonchev–Trinajstić information content (AvgIpc) is 2.89. The summed E-state index contributed by atoms with van der Waals surface area (Å²) in [6, 6.07) is 0. The quantitative estimate of drug-likeness (QED) is 0.522. The second-order valence-electron chi connectivity index (χ2n) is 4.57. The zero-order valence-electron chi connectivity index (χ0n) is 9.76. The van der Waals surface area contributed by atoms with Crippen LogP contribution in [0.15, 0.2) is 0 Å². The van der Waals surface area contributed by atoms with Crippen molar-refractivity contribution in [1.29, 1.82) is 0 Å². The maximum Gasteiger partial charge on any atom is 0.258 e. The minimum absolute atomic E-state index is 0.128. The molecule has 2 aliphatic rings. The van der Waals surface area contributed by atoms with Gasteiger partial charge in [-0.05, 0) is 12.8 Å². The van der Waals surface area contributed by atoms with Crippen LogP contribution in [0.25, 0.3) is 0 Å². The molecule has 5 nitrogen and oxygen atoms in total. The first-order valence-electron chi connectivity index (χ1n) is 6.15. The highest BCUT2D eigenvalue weighted by molar-refractivity contribution is 6.05. The van der Waals surface area contributed by atoms with E-state index >= 15 is 0 Å². The van der Waals surface area contributed by atoms with E-state index in [1.54, 1.807) is 0 Å². The minimum atomic E-state index is -0.614. The number of hydrogen-bond acceptors (Lipinski definition) is 4. The molecule has 17 heavy (non-hydrogen) atoms. The number of carbonyl (C=O) groups is 3. The Kier molecular flexibility index (Phi) is 3.89. The van der Waals surface area contributed by atoms with Gasteiger partial charge >= 0.3 is 0 Å². The molecular formula is C12H17NO4. The van der Waals surface area contributed by atoms with E-state index in [-0.39, 0.29) is 37.3 Å². The van der Waals surface area contributed by atoms with Crippen molar-refractivity contribution in [2.75, 3.05) is 6.54 Å². The molecule has 1 atom stereocenters. The number of likely N-dealkylation sites (tertiary alicyclic amines) is 1. The Morgan fingerprint density at radius 2 is 2.00 bits per heavy atom. The topological polar surface area (TPSA) is 63.7 Å². The van der Waals surface area contributed by atoms with E-state index < -0.39 is 6.10 Å². The lowest BCUT2D eigenvalue weighted by atomic mass is 10.2. The molecule has 0 aromatic heterocycles. The summed E-state index contributed by atoms with van der Waals surface area (Å²) in [6.45, 7) is 0.186. The van der Waals surface area contributed by atoms with E-state index in [0.717, 1.165) is 30.6 Å². The molecule has 1 aliphatic carbocycles. The van der Waals surface area contributed by atoms with Crippen LogP contribution in [0.3, 0.4) is 0 Å². The molecule has 0 aromatic rings. The molecule has 2 fully saturated rings. The molecule has 1 unspecified atom stereocenters. The highest BCUT2D eigenvalue weighted by Gasteiger charge is 2.40. The third kappa shape index (κ3) is 2.72. The predicted octanol–water partition coefficient (Wildman–Crippen LogP) is 0.662. The second kappa shape index (κ2) is 5.40. The van der Waals surface area contributed by atoms with Crippen molar-refractivity contribution in [2.24, 2.45) is 0 Å². The van der Waals surface area contributed by atoms with Gasteiger partial charge in [0.1, 0.15) is 12.4 Å². The van der Waals surface area contributed by atoms with Crippen LogP contribution in [-0.2, 0) is 19.1 Å². The van der Waals surface area contributed by atoms with Crippen LogP contribution in [0.2, 0.25) is 0 Å². The lowest BCUT2D eigenvalue weighted by Gasteiger charge is -2.16. The first kappa shape index (κ1) is 12.2. The Morgan fingerprint density at radius 3 is 2.65 bits per heavy atom. The molecule has 1 saturated carbocycles. The minimum Gasteiger partial charge on any atom is -0.365 e. The molecule has 0 spiro atoms. The van der Waals surface area contributed by atoms with Crippen LogP contribution in [0, 0.1) is 0 Å². The Balaban J connectivity index is 1.89. The van der Waals surface area contributed by atoms with Gasteiger partial charge in [-0.15, -0.1) is 0 Å². The maximum absolute atomic E-state index is 11.9. The third-order valence-corrected chi connectivity index (χ3v) is 3.33. The van der Waals surface area contributed by atoms with E-state index in [2.05, 4.69) is 0 Å². The summed E-state index contributed by atoms with van der Waals surface area (Å²) in [4.78, 5) is 34.9. The highest BCUT2D eigenvalue weighted by atomic mass is 16.5. The molecule has 1 aliphatic heterocycles. The summed E-state index contributed by atoms with van der Waals surface area (Å²) in [5, 5.41) is 0. The van der Waals surface area contributed by atoms with E-state index in [1.165, 1.54) is 0 Å². The number of amides is 2. The molecule has 94 valence electrons. The molecule has 5 heteroatoms. The number of imide groups is 1. The zero-order chi connectivity index (χ0) is 12.3. The summed E-state index contributed by atoms with van der Waals surface area (Å²) >= 11 is 0. The van der Waals surface area contributed by atoms with Crippen molar-refractivity contribution < 1.29 is 19.1 Å². The smallest absolute Gasteiger partial charge is 0.258 e. The number of aldehydes is 1. The fourth-order valence-corrected chi connectivity index (χ4v) is 2.43. The number of hydrogen-bond donors (Lipinski definition) is 0. The molecule has 0 N–H and O–H groups in total. The summed E-state index contributed by atoms with van der Waals surface area (Å²) in [5.41, 5.74) is 0. The van der Waals surface area contributed by atoms with Crippen LogP contribution in [0.4, 0.5) is 0 Å². The summed E-state index contributed by atoms with van der Waals surface area (Å²) < 4.78 is 5.66. The van der Waals surface area contributed by atoms with Gasteiger partial charge in [0.2, 0.25) is 5.91 Å². The Morgan fingerprint density at radius 1 is 1.29 bits per heavy atom. The molecule has 2 amide bonds. The van der Waals surface area contributed by atoms with Crippen molar-refractivity contribution >= 4 is 18.1 Å². The Hall–Kier alpha value is -1.23. The van der Waals surface area contributed by atoms with Gasteiger partial charge in [0.05, 0.1) is 12.5 Å². The van der Waals surface area contributed by atoms with Gasteiger partial charge in [-0.25, -0.2) is 0 Å². The van der Waals surface area contributed by atoms with Crippen molar-refractivity contribution in [1.82, 2.24) is 4.90 Å². The monoisotopic (exact) mass is 239 g/mol. The number of ether oxygens (including phenoxy) is 1. The predicted molar refractivity (Wildman–Crippen MR) is 59.1 cm³/mol. The SMILES string of the molecule is O=CCCN1C(=O)CC(OC2CCCC2)C1=O. The van der Waals surface area contributed by atoms with Gasteiger partial charge in [0.15, 0.2) is 0 Å². The van der Waals surface area contributed by atoms with Crippen molar-refractivity contribution in [3.8, 4) is 0 Å². The van der Waals surface area contributed by atoms with Gasteiger partial charge in [-0.1, -0.05) is 12.8 Å². The summed E-state index contributed by atoms with van der Waals surface area (Å²) in [5.74, 6) is -0.497. The molecular weight excluding hydrogens is 222 g/mol. The van der Waals surface area contributed by atoms with Gasteiger partial charge in [-0.3, -0.25) is 14.5 Å². The first-order chi connectivity index (χ1) is 8.22. The van der Waals surface area contributed by atoms with Crippen molar-refractivity contribution in [3.63, 3.8) is 0 Å². The largest absolute Gasteiger partial charge is 0.365 e. The summed E-state index contributed by atoms with van der Waals surface area (Å²) in [6.07, 6.45) is 4.79. The molecule has 1 saturated heterocycles.